The standard InChI is InChI=1S/C23H30N2O2/c1-22(2,3)18-12-14-19(15-13-18)24-20(26)23(4,5)21(27)25(6)16-17-10-8-7-9-11-17/h7-15H,16H2,1-6H3,(H,24,26). The molecule has 2 rings (SSSR count). The van der Waals surface area contributed by atoms with Crippen molar-refractivity contribution < 1.29 is 9.59 Å². The van der Waals surface area contributed by atoms with Crippen molar-refractivity contribution >= 4 is 17.5 Å². The van der Waals surface area contributed by atoms with Crippen molar-refractivity contribution in [1.29, 1.82) is 0 Å². The molecule has 0 aliphatic carbocycles. The van der Waals surface area contributed by atoms with Gasteiger partial charge >= 0.3 is 0 Å². The number of hydrogen-bond acceptors (Lipinski definition) is 2. The predicted molar refractivity (Wildman–Crippen MR) is 110 cm³/mol. The molecule has 0 aromatic heterocycles. The molecule has 2 aromatic rings. The van der Waals surface area contributed by atoms with Crippen LogP contribution in [0.5, 0.6) is 0 Å². The summed E-state index contributed by atoms with van der Waals surface area (Å²) < 4.78 is 0. The molecule has 2 amide bonds. The number of rotatable bonds is 5. The lowest BCUT2D eigenvalue weighted by atomic mass is 9.87. The van der Waals surface area contributed by atoms with Crippen LogP contribution in [0.15, 0.2) is 54.6 Å². The van der Waals surface area contributed by atoms with Gasteiger partial charge in [-0.25, -0.2) is 0 Å². The normalized spacial score (nSPS) is 11.8. The minimum atomic E-state index is -1.16. The highest BCUT2D eigenvalue weighted by Crippen LogP contribution is 2.26. The average molecular weight is 367 g/mol. The van der Waals surface area contributed by atoms with Gasteiger partial charge in [0.25, 0.3) is 0 Å². The maximum atomic E-state index is 12.9. The van der Waals surface area contributed by atoms with Crippen LogP contribution in [-0.2, 0) is 21.5 Å². The van der Waals surface area contributed by atoms with E-state index in [0.717, 1.165) is 5.56 Å². The third-order valence-electron chi connectivity index (χ3n) is 4.72. The summed E-state index contributed by atoms with van der Waals surface area (Å²) in [5, 5.41) is 2.87. The van der Waals surface area contributed by atoms with Crippen LogP contribution in [0.3, 0.4) is 0 Å². The van der Waals surface area contributed by atoms with Crippen LogP contribution in [-0.4, -0.2) is 23.8 Å². The van der Waals surface area contributed by atoms with Gasteiger partial charge in [0, 0.05) is 19.3 Å². The van der Waals surface area contributed by atoms with Crippen molar-refractivity contribution in [3.8, 4) is 0 Å². The molecule has 0 fully saturated rings. The average Bonchev–Trinajstić information content (AvgIpc) is 2.61. The zero-order valence-electron chi connectivity index (χ0n) is 17.2. The van der Waals surface area contributed by atoms with E-state index in [1.807, 2.05) is 54.6 Å². The van der Waals surface area contributed by atoms with E-state index >= 15 is 0 Å². The Hall–Kier alpha value is -2.62. The van der Waals surface area contributed by atoms with E-state index < -0.39 is 5.41 Å². The van der Waals surface area contributed by atoms with Gasteiger partial charge in [0.2, 0.25) is 11.8 Å². The second-order valence-corrected chi connectivity index (χ2v) is 8.55. The van der Waals surface area contributed by atoms with E-state index in [1.165, 1.54) is 5.56 Å². The number of hydrogen-bond donors (Lipinski definition) is 1. The number of benzene rings is 2. The molecular weight excluding hydrogens is 336 g/mol. The molecule has 0 saturated carbocycles. The van der Waals surface area contributed by atoms with E-state index in [4.69, 9.17) is 0 Å². The van der Waals surface area contributed by atoms with Gasteiger partial charge in [-0.15, -0.1) is 0 Å². The lowest BCUT2D eigenvalue weighted by Crippen LogP contribution is -2.45. The van der Waals surface area contributed by atoms with Gasteiger partial charge < -0.3 is 10.2 Å². The molecule has 0 saturated heterocycles. The van der Waals surface area contributed by atoms with Crippen molar-refractivity contribution in [2.24, 2.45) is 5.41 Å². The minimum absolute atomic E-state index is 0.0535. The molecule has 0 heterocycles. The fourth-order valence-electron chi connectivity index (χ4n) is 2.84. The maximum absolute atomic E-state index is 12.9. The monoisotopic (exact) mass is 366 g/mol. The Balaban J connectivity index is 2.06. The number of nitrogens with one attached hydrogen (secondary N) is 1. The fraction of sp³-hybridized carbons (Fsp3) is 0.391. The lowest BCUT2D eigenvalue weighted by molar-refractivity contribution is -0.145. The Bertz CT molecular complexity index is 787. The highest BCUT2D eigenvalue weighted by atomic mass is 16.2. The van der Waals surface area contributed by atoms with Gasteiger partial charge in [0.15, 0.2) is 0 Å². The van der Waals surface area contributed by atoms with Crippen molar-refractivity contribution in [3.63, 3.8) is 0 Å². The van der Waals surface area contributed by atoms with Crippen molar-refractivity contribution in [1.82, 2.24) is 4.90 Å². The van der Waals surface area contributed by atoms with Gasteiger partial charge in [0.1, 0.15) is 5.41 Å². The highest BCUT2D eigenvalue weighted by Gasteiger charge is 2.38. The molecule has 0 aliphatic heterocycles. The Morgan fingerprint density at radius 3 is 1.96 bits per heavy atom. The Morgan fingerprint density at radius 1 is 0.889 bits per heavy atom. The SMILES string of the molecule is CN(Cc1ccccc1)C(=O)C(C)(C)C(=O)Nc1ccc(C(C)(C)C)cc1. The van der Waals surface area contributed by atoms with E-state index in [2.05, 4.69) is 26.1 Å². The van der Waals surface area contributed by atoms with Gasteiger partial charge in [-0.1, -0.05) is 63.2 Å². The van der Waals surface area contributed by atoms with Crippen LogP contribution >= 0.6 is 0 Å². The minimum Gasteiger partial charge on any atom is -0.341 e. The highest BCUT2D eigenvalue weighted by molar-refractivity contribution is 6.09. The number of anilines is 1. The first-order valence-electron chi connectivity index (χ1n) is 9.23. The van der Waals surface area contributed by atoms with Crippen LogP contribution in [0.2, 0.25) is 0 Å². The molecule has 0 bridgehead atoms. The summed E-state index contributed by atoms with van der Waals surface area (Å²) >= 11 is 0. The molecule has 2 aromatic carbocycles. The number of carbonyl (C=O) groups is 2. The topological polar surface area (TPSA) is 49.4 Å². The summed E-state index contributed by atoms with van der Waals surface area (Å²) in [7, 11) is 1.72. The summed E-state index contributed by atoms with van der Waals surface area (Å²) in [6.07, 6.45) is 0. The van der Waals surface area contributed by atoms with Gasteiger partial charge in [-0.3, -0.25) is 9.59 Å². The molecule has 0 aliphatic rings. The van der Waals surface area contributed by atoms with Crippen LogP contribution in [0.4, 0.5) is 5.69 Å². The van der Waals surface area contributed by atoms with Gasteiger partial charge in [-0.2, -0.15) is 0 Å². The fourth-order valence-corrected chi connectivity index (χ4v) is 2.84. The van der Waals surface area contributed by atoms with Gasteiger partial charge in [0.05, 0.1) is 0 Å². The van der Waals surface area contributed by atoms with Crippen molar-refractivity contribution in [2.45, 2.75) is 46.6 Å². The van der Waals surface area contributed by atoms with E-state index in [1.54, 1.807) is 25.8 Å². The summed E-state index contributed by atoms with van der Waals surface area (Å²) in [6.45, 7) is 10.2. The maximum Gasteiger partial charge on any atom is 0.239 e. The molecule has 144 valence electrons. The zero-order valence-corrected chi connectivity index (χ0v) is 17.2. The predicted octanol–water partition coefficient (Wildman–Crippen LogP) is 4.61. The van der Waals surface area contributed by atoms with E-state index in [9.17, 15) is 9.59 Å². The molecule has 0 unspecified atom stereocenters. The Kier molecular flexibility index (Phi) is 6.09. The Morgan fingerprint density at radius 2 is 1.44 bits per heavy atom. The molecule has 0 spiro atoms. The third kappa shape index (κ3) is 5.19. The number of nitrogens with zero attached hydrogens (tertiary/aromatic N) is 1. The lowest BCUT2D eigenvalue weighted by Gasteiger charge is -2.28. The number of carbonyl (C=O) groups excluding carboxylic acids is 2. The Labute approximate surface area is 162 Å². The summed E-state index contributed by atoms with van der Waals surface area (Å²) in [5.41, 5.74) is 1.81. The largest absolute Gasteiger partial charge is 0.341 e. The number of amides is 2. The van der Waals surface area contributed by atoms with Crippen LogP contribution in [0.1, 0.15) is 45.7 Å². The van der Waals surface area contributed by atoms with Gasteiger partial charge in [-0.05, 0) is 42.5 Å². The zero-order chi connectivity index (χ0) is 20.2. The quantitative estimate of drug-likeness (QED) is 0.786. The second-order valence-electron chi connectivity index (χ2n) is 8.55. The first kappa shape index (κ1) is 20.7. The van der Waals surface area contributed by atoms with Crippen molar-refractivity contribution in [2.75, 3.05) is 12.4 Å². The van der Waals surface area contributed by atoms with E-state index in [-0.39, 0.29) is 17.2 Å². The first-order chi connectivity index (χ1) is 12.5. The second kappa shape index (κ2) is 7.95. The molecule has 0 radical (unpaired) electrons. The van der Waals surface area contributed by atoms with Crippen LogP contribution < -0.4 is 5.32 Å². The van der Waals surface area contributed by atoms with Crippen molar-refractivity contribution in [3.05, 3.63) is 65.7 Å². The van der Waals surface area contributed by atoms with Crippen LogP contribution in [0, 0.1) is 5.41 Å². The smallest absolute Gasteiger partial charge is 0.239 e. The molecule has 0 atom stereocenters. The molecule has 4 heteroatoms. The molecular formula is C23H30N2O2. The summed E-state index contributed by atoms with van der Waals surface area (Å²) in [6, 6.07) is 17.5. The summed E-state index contributed by atoms with van der Waals surface area (Å²) in [5.74, 6) is -0.522. The molecule has 4 nitrogen and oxygen atoms in total. The summed E-state index contributed by atoms with van der Waals surface area (Å²) in [4.78, 5) is 27.2. The van der Waals surface area contributed by atoms with E-state index in [0.29, 0.717) is 12.2 Å². The molecule has 1 N–H and O–H groups in total. The first-order valence-corrected chi connectivity index (χ1v) is 9.23. The molecule has 27 heavy (non-hydrogen) atoms. The van der Waals surface area contributed by atoms with Crippen LogP contribution in [0.25, 0.3) is 0 Å². The third-order valence-corrected chi connectivity index (χ3v) is 4.72.